The molecule has 0 aromatic carbocycles. The van der Waals surface area contributed by atoms with Crippen molar-refractivity contribution in [1.82, 2.24) is 5.32 Å². The van der Waals surface area contributed by atoms with Gasteiger partial charge in [0.1, 0.15) is 10.9 Å². The number of alkyl halides is 1. The van der Waals surface area contributed by atoms with Gasteiger partial charge in [-0.1, -0.05) is 0 Å². The second-order valence-electron chi connectivity index (χ2n) is 6.83. The van der Waals surface area contributed by atoms with Crippen molar-refractivity contribution in [2.75, 3.05) is 17.8 Å². The molecule has 1 aromatic rings. The highest BCUT2D eigenvalue weighted by atomic mass is 35.5. The number of thiophene rings is 1. The van der Waals surface area contributed by atoms with Crippen molar-refractivity contribution in [1.29, 1.82) is 0 Å². The smallest absolute Gasteiger partial charge is 0.341 e. The number of nitrogens with one attached hydrogen (secondary N) is 2. The van der Waals surface area contributed by atoms with E-state index in [2.05, 4.69) is 38.3 Å². The average Bonchev–Trinajstić information content (AvgIpc) is 2.75. The lowest BCUT2D eigenvalue weighted by molar-refractivity contribution is -0.113. The van der Waals surface area contributed by atoms with Crippen LogP contribution in [0.3, 0.4) is 0 Å². The van der Waals surface area contributed by atoms with Gasteiger partial charge in [0.2, 0.25) is 5.91 Å². The summed E-state index contributed by atoms with van der Waals surface area (Å²) >= 11 is 7.00. The molecular weight excluding hydrogens is 336 g/mol. The van der Waals surface area contributed by atoms with Gasteiger partial charge in [-0.05, 0) is 46.6 Å². The van der Waals surface area contributed by atoms with Crippen LogP contribution in [0, 0.1) is 0 Å². The van der Waals surface area contributed by atoms with Gasteiger partial charge in [-0.15, -0.1) is 22.9 Å². The maximum atomic E-state index is 12.5. The first kappa shape index (κ1) is 18.2. The second kappa shape index (κ2) is 6.42. The van der Waals surface area contributed by atoms with Crippen LogP contribution < -0.4 is 10.6 Å². The number of hydrogen-bond donors (Lipinski definition) is 2. The van der Waals surface area contributed by atoms with E-state index in [9.17, 15) is 9.59 Å². The molecule has 0 fully saturated rings. The van der Waals surface area contributed by atoms with Crippen molar-refractivity contribution >= 4 is 39.8 Å². The third-order valence-electron chi connectivity index (χ3n) is 3.70. The quantitative estimate of drug-likeness (QED) is 0.640. The third-order valence-corrected chi connectivity index (χ3v) is 5.41. The highest BCUT2D eigenvalue weighted by molar-refractivity contribution is 7.17. The Bertz CT molecular complexity index is 638. The molecule has 0 atom stereocenters. The Kier molecular flexibility index (Phi) is 5.09. The number of carbonyl (C=O) groups excluding carboxylic acids is 2. The zero-order valence-corrected chi connectivity index (χ0v) is 15.7. The third kappa shape index (κ3) is 3.70. The number of rotatable bonds is 4. The van der Waals surface area contributed by atoms with E-state index in [-0.39, 0.29) is 29.5 Å². The Labute approximate surface area is 145 Å². The topological polar surface area (TPSA) is 67.4 Å². The van der Waals surface area contributed by atoms with Crippen LogP contribution in [0.4, 0.5) is 5.00 Å². The predicted molar refractivity (Wildman–Crippen MR) is 93.6 cm³/mol. The van der Waals surface area contributed by atoms with Gasteiger partial charge in [0.25, 0.3) is 0 Å². The molecule has 1 aromatic heterocycles. The van der Waals surface area contributed by atoms with Crippen LogP contribution in [-0.2, 0) is 21.5 Å². The molecule has 0 saturated heterocycles. The zero-order chi connectivity index (χ0) is 17.4. The summed E-state index contributed by atoms with van der Waals surface area (Å²) in [6.45, 7) is 10.4. The van der Waals surface area contributed by atoms with Gasteiger partial charge >= 0.3 is 5.97 Å². The van der Waals surface area contributed by atoms with Crippen molar-refractivity contribution in [3.8, 4) is 0 Å². The van der Waals surface area contributed by atoms with Crippen LogP contribution in [0.25, 0.3) is 0 Å². The highest BCUT2D eigenvalue weighted by Crippen LogP contribution is 2.45. The molecule has 1 aliphatic rings. The molecule has 128 valence electrons. The lowest BCUT2D eigenvalue weighted by Gasteiger charge is -2.42. The molecule has 2 heterocycles. The van der Waals surface area contributed by atoms with Crippen molar-refractivity contribution in [3.05, 3.63) is 16.0 Å². The molecule has 1 amide bonds. The summed E-state index contributed by atoms with van der Waals surface area (Å²) in [5.74, 6) is -0.887. The van der Waals surface area contributed by atoms with E-state index in [4.69, 9.17) is 16.3 Å². The van der Waals surface area contributed by atoms with E-state index in [1.54, 1.807) is 6.92 Å². The van der Waals surface area contributed by atoms with Crippen molar-refractivity contribution in [3.63, 3.8) is 0 Å². The molecule has 0 aliphatic carbocycles. The van der Waals surface area contributed by atoms with Gasteiger partial charge in [-0.2, -0.15) is 0 Å². The number of amides is 1. The fourth-order valence-electron chi connectivity index (χ4n) is 3.19. The standard InChI is InChI=1S/C16H23ClN2O3S/c1-6-22-14(21)11-9-7-15(2,3)19-16(4,5)12(9)23-13(11)18-10(20)8-17/h19H,6-8H2,1-5H3,(H,18,20). The molecule has 7 heteroatoms. The summed E-state index contributed by atoms with van der Waals surface area (Å²) < 4.78 is 5.21. The summed E-state index contributed by atoms with van der Waals surface area (Å²) in [6, 6.07) is 0. The van der Waals surface area contributed by atoms with Gasteiger partial charge in [0.15, 0.2) is 0 Å². The molecule has 23 heavy (non-hydrogen) atoms. The second-order valence-corrected chi connectivity index (χ2v) is 8.11. The normalized spacial score (nSPS) is 18.2. The number of carbonyl (C=O) groups is 2. The zero-order valence-electron chi connectivity index (χ0n) is 14.1. The largest absolute Gasteiger partial charge is 0.462 e. The van der Waals surface area contributed by atoms with Gasteiger partial charge in [0, 0.05) is 16.0 Å². The minimum atomic E-state index is -0.400. The fraction of sp³-hybridized carbons (Fsp3) is 0.625. The van der Waals surface area contributed by atoms with Crippen LogP contribution >= 0.6 is 22.9 Å². The first-order chi connectivity index (χ1) is 10.6. The molecule has 1 aliphatic heterocycles. The Hall–Kier alpha value is -1.11. The van der Waals surface area contributed by atoms with Crippen LogP contribution in [0.15, 0.2) is 0 Å². The van der Waals surface area contributed by atoms with E-state index in [1.807, 2.05) is 0 Å². The number of esters is 1. The molecular formula is C16H23ClN2O3S. The van der Waals surface area contributed by atoms with E-state index in [0.717, 1.165) is 10.4 Å². The van der Waals surface area contributed by atoms with E-state index in [0.29, 0.717) is 17.0 Å². The summed E-state index contributed by atoms with van der Waals surface area (Å²) in [7, 11) is 0. The van der Waals surface area contributed by atoms with Gasteiger partial charge < -0.3 is 15.4 Å². The molecule has 5 nitrogen and oxygen atoms in total. The van der Waals surface area contributed by atoms with Crippen LogP contribution in [0.1, 0.15) is 55.4 Å². The molecule has 0 spiro atoms. The van der Waals surface area contributed by atoms with Crippen molar-refractivity contribution in [2.45, 2.75) is 52.1 Å². The molecule has 0 unspecified atom stereocenters. The number of anilines is 1. The van der Waals surface area contributed by atoms with Crippen LogP contribution in [0.2, 0.25) is 0 Å². The summed E-state index contributed by atoms with van der Waals surface area (Å²) in [4.78, 5) is 25.2. The lowest BCUT2D eigenvalue weighted by atomic mass is 9.81. The minimum Gasteiger partial charge on any atom is -0.462 e. The monoisotopic (exact) mass is 358 g/mol. The van der Waals surface area contributed by atoms with Gasteiger partial charge in [0.05, 0.1) is 12.2 Å². The maximum absolute atomic E-state index is 12.5. The molecule has 2 rings (SSSR count). The van der Waals surface area contributed by atoms with Gasteiger partial charge in [-0.3, -0.25) is 4.79 Å². The molecule has 0 radical (unpaired) electrons. The number of halogens is 1. The minimum absolute atomic E-state index is 0.155. The first-order valence-electron chi connectivity index (χ1n) is 7.59. The molecule has 0 bridgehead atoms. The Morgan fingerprint density at radius 2 is 2.00 bits per heavy atom. The number of ether oxygens (including phenoxy) is 1. The molecule has 0 saturated carbocycles. The Morgan fingerprint density at radius 3 is 2.57 bits per heavy atom. The predicted octanol–water partition coefficient (Wildman–Crippen LogP) is 3.26. The molecule has 2 N–H and O–H groups in total. The summed E-state index contributed by atoms with van der Waals surface area (Å²) in [5, 5.41) is 6.85. The van der Waals surface area contributed by atoms with Crippen molar-refractivity contribution < 1.29 is 14.3 Å². The van der Waals surface area contributed by atoms with Crippen molar-refractivity contribution in [2.24, 2.45) is 0 Å². The summed E-state index contributed by atoms with van der Waals surface area (Å²) in [6.07, 6.45) is 0.688. The van der Waals surface area contributed by atoms with E-state index in [1.165, 1.54) is 11.3 Å². The number of hydrogen-bond acceptors (Lipinski definition) is 5. The summed E-state index contributed by atoms with van der Waals surface area (Å²) in [5.41, 5.74) is 0.958. The average molecular weight is 359 g/mol. The maximum Gasteiger partial charge on any atom is 0.341 e. The van der Waals surface area contributed by atoms with Gasteiger partial charge in [-0.25, -0.2) is 4.79 Å². The van der Waals surface area contributed by atoms with E-state index < -0.39 is 5.97 Å². The Morgan fingerprint density at radius 1 is 1.35 bits per heavy atom. The fourth-order valence-corrected chi connectivity index (χ4v) is 4.54. The highest BCUT2D eigenvalue weighted by Gasteiger charge is 2.42. The first-order valence-corrected chi connectivity index (χ1v) is 8.95. The number of fused-ring (bicyclic) bond motifs is 1. The SMILES string of the molecule is CCOC(=O)c1c(NC(=O)CCl)sc2c1CC(C)(C)NC2(C)C. The van der Waals surface area contributed by atoms with E-state index >= 15 is 0 Å². The lowest BCUT2D eigenvalue weighted by Crippen LogP contribution is -2.55. The van der Waals surface area contributed by atoms with Crippen LogP contribution in [0.5, 0.6) is 0 Å². The Balaban J connectivity index is 2.59. The van der Waals surface area contributed by atoms with Crippen LogP contribution in [-0.4, -0.2) is 29.9 Å².